The van der Waals surface area contributed by atoms with E-state index >= 15 is 0 Å². The smallest absolute Gasteiger partial charge is 0.460 e. The standard InChI is InChI=1S/C61H97NO17Si/c1-37-21-17-16-18-22-38(2)50(70-10)33-45-26-24-43(7)61(69,78-45)56(65)57(66)62-28-20-19-23-47(62)58(67)75-51(34-48(63)39(3)30-42(6)54(79-80(13,14)15)55(72-12)53(64)41(5)29-37)40(4)31-44-25-27-49(52(32-44)71-11)76-59(68)73-35-46-36-74-60(8,9)77-46/h16-18,21-22,30,37,40-47,49-52,54-55,69H,19-20,23-29,31-36H2,1-15H3/b18-16?,21-17?,38-22?,39-30+/t37-,40-,41-,42?,43-,44+,45?,46?,47?,49-,50+,51+,52-,54-,55+,61-/m1/s1. The maximum atomic E-state index is 14.7. The average molecular weight is 1140 g/mol. The van der Waals surface area contributed by atoms with Crippen LogP contribution >= 0.6 is 0 Å². The Balaban J connectivity index is 1.46. The van der Waals surface area contributed by atoms with Crippen molar-refractivity contribution in [3.05, 3.63) is 47.6 Å². The zero-order chi connectivity index (χ0) is 59.3. The van der Waals surface area contributed by atoms with Crippen molar-refractivity contribution >= 4 is 43.7 Å². The number of nitrogens with zero attached hydrogens (tertiary/aromatic N) is 1. The molecule has 0 aromatic heterocycles. The molecule has 0 aromatic rings. The fraction of sp³-hybridized carbons (Fsp3) is 0.770. The number of amides is 1. The SMILES string of the molecule is CO[C@H]1CC2CC[C@@H](C)[C@@](O)(O2)C(=O)C(=O)N2CCCCC2C(=O)O[C@H]([C@H](C)C[C@@H]2CC[C@@H](OC(=O)OCC3COC(C)(C)O3)[C@H](OC)C2)CC(=O)/C(C)=C/C(C)[C@@H](O[Si](C)(C)C)[C@@H](OC)C(=O)[C@H](C)C[C@H](C)C=CC=CC=C1C. The number of ether oxygens (including phenoxy) is 9. The number of hydrogen-bond donors (Lipinski definition) is 1. The van der Waals surface area contributed by atoms with E-state index in [1.165, 1.54) is 12.0 Å². The highest BCUT2D eigenvalue weighted by atomic mass is 28.4. The van der Waals surface area contributed by atoms with E-state index in [4.69, 9.17) is 47.1 Å². The Morgan fingerprint density at radius 3 is 2.24 bits per heavy atom. The van der Waals surface area contributed by atoms with E-state index in [0.717, 1.165) is 5.57 Å². The maximum Gasteiger partial charge on any atom is 0.508 e. The van der Waals surface area contributed by atoms with E-state index in [2.05, 4.69) is 6.92 Å². The van der Waals surface area contributed by atoms with Crippen molar-refractivity contribution in [2.24, 2.45) is 35.5 Å². The Kier molecular flexibility index (Phi) is 25.1. The molecule has 4 heterocycles. The number of fused-ring (bicyclic) bond motifs is 3. The lowest BCUT2D eigenvalue weighted by molar-refractivity contribution is -0.265. The Hall–Kier alpha value is -3.92. The molecule has 1 aliphatic carbocycles. The Labute approximate surface area is 477 Å². The lowest BCUT2D eigenvalue weighted by Crippen LogP contribution is -2.61. The normalized spacial score (nSPS) is 36.3. The van der Waals surface area contributed by atoms with E-state index in [9.17, 15) is 33.9 Å². The molecular weight excluding hydrogens is 1050 g/mol. The number of aliphatic hydroxyl groups is 1. The highest BCUT2D eigenvalue weighted by molar-refractivity contribution is 6.69. The first-order chi connectivity index (χ1) is 37.6. The number of methoxy groups -OCH3 is 3. The number of Topliss-reactive ketones (excluding diaryl/α,β-unsaturated/α-hetero) is 3. The summed E-state index contributed by atoms with van der Waals surface area (Å²) in [6.07, 6.45) is 10.5. The van der Waals surface area contributed by atoms with E-state index < -0.39 is 116 Å². The molecule has 0 radical (unpaired) electrons. The molecule has 4 fully saturated rings. The van der Waals surface area contributed by atoms with Crippen LogP contribution in [0.4, 0.5) is 4.79 Å². The monoisotopic (exact) mass is 1140 g/mol. The molecule has 1 amide bonds. The van der Waals surface area contributed by atoms with Gasteiger partial charge >= 0.3 is 12.1 Å². The van der Waals surface area contributed by atoms with Crippen LogP contribution in [0.2, 0.25) is 19.6 Å². The maximum absolute atomic E-state index is 14.7. The van der Waals surface area contributed by atoms with Crippen LogP contribution in [0.15, 0.2) is 47.6 Å². The fourth-order valence-corrected chi connectivity index (χ4v) is 13.1. The third kappa shape index (κ3) is 18.8. The zero-order valence-corrected chi connectivity index (χ0v) is 51.7. The molecule has 80 heavy (non-hydrogen) atoms. The second-order valence-electron chi connectivity index (χ2n) is 24.9. The highest BCUT2D eigenvalue weighted by Crippen LogP contribution is 2.39. The molecule has 4 aliphatic heterocycles. The predicted octanol–water partition coefficient (Wildman–Crippen LogP) is 9.35. The number of cyclic esters (lactones) is 1. The molecule has 19 heteroatoms. The van der Waals surface area contributed by atoms with Gasteiger partial charge in [-0.05, 0) is 140 Å². The summed E-state index contributed by atoms with van der Waals surface area (Å²) in [5.41, 5.74) is 1.27. The molecule has 3 saturated heterocycles. The lowest BCUT2D eigenvalue weighted by atomic mass is 9.78. The van der Waals surface area contributed by atoms with Crippen molar-refractivity contribution < 1.29 is 80.9 Å². The molecule has 452 valence electrons. The third-order valence-corrected chi connectivity index (χ3v) is 17.6. The van der Waals surface area contributed by atoms with Crippen LogP contribution in [0.5, 0.6) is 0 Å². The Bertz CT molecular complexity index is 2240. The van der Waals surface area contributed by atoms with Gasteiger partial charge in [0.25, 0.3) is 11.7 Å². The first-order valence-electron chi connectivity index (χ1n) is 29.2. The van der Waals surface area contributed by atoms with Crippen LogP contribution in [-0.2, 0) is 71.0 Å². The number of piperidine rings is 1. The summed E-state index contributed by atoms with van der Waals surface area (Å²) in [4.78, 5) is 86.8. The van der Waals surface area contributed by atoms with E-state index in [0.29, 0.717) is 69.8 Å². The Morgan fingerprint density at radius 2 is 1.59 bits per heavy atom. The van der Waals surface area contributed by atoms with Gasteiger partial charge in [0.2, 0.25) is 5.79 Å². The summed E-state index contributed by atoms with van der Waals surface area (Å²) >= 11 is 0. The van der Waals surface area contributed by atoms with E-state index in [1.807, 2.05) is 83.8 Å². The molecule has 1 saturated carbocycles. The zero-order valence-electron chi connectivity index (χ0n) is 50.7. The van der Waals surface area contributed by atoms with Gasteiger partial charge in [0.05, 0.1) is 31.0 Å². The van der Waals surface area contributed by atoms with Gasteiger partial charge in [0.1, 0.15) is 37.1 Å². The average Bonchev–Trinajstić information content (AvgIpc) is 3.76. The van der Waals surface area contributed by atoms with Crippen LogP contribution in [0.3, 0.4) is 0 Å². The fourth-order valence-electron chi connectivity index (χ4n) is 12.0. The molecule has 16 atom stereocenters. The number of carbonyl (C=O) groups excluding carboxylic acids is 6. The summed E-state index contributed by atoms with van der Waals surface area (Å²) in [5, 5.41) is 12.1. The van der Waals surface area contributed by atoms with Gasteiger partial charge < -0.3 is 57.1 Å². The van der Waals surface area contributed by atoms with Gasteiger partial charge in [-0.25, -0.2) is 9.59 Å². The number of rotatable bonds is 11. The van der Waals surface area contributed by atoms with Crippen LogP contribution < -0.4 is 0 Å². The second kappa shape index (κ2) is 30.1. The van der Waals surface area contributed by atoms with Crippen molar-refractivity contribution in [3.63, 3.8) is 0 Å². The van der Waals surface area contributed by atoms with Crippen molar-refractivity contribution in [1.82, 2.24) is 4.90 Å². The minimum atomic E-state index is -2.46. The third-order valence-electron chi connectivity index (χ3n) is 16.6. The van der Waals surface area contributed by atoms with Crippen molar-refractivity contribution in [2.75, 3.05) is 41.1 Å². The number of carbonyl (C=O) groups is 6. The van der Waals surface area contributed by atoms with Crippen LogP contribution in [0.1, 0.15) is 139 Å². The topological polar surface area (TPSA) is 218 Å². The molecule has 0 aromatic carbocycles. The highest BCUT2D eigenvalue weighted by Gasteiger charge is 2.53. The van der Waals surface area contributed by atoms with Crippen molar-refractivity contribution in [1.29, 1.82) is 0 Å². The molecule has 0 spiro atoms. The molecule has 2 bridgehead atoms. The molecule has 5 rings (SSSR count). The minimum Gasteiger partial charge on any atom is -0.460 e. The molecule has 18 nitrogen and oxygen atoms in total. The van der Waals surface area contributed by atoms with Crippen LogP contribution in [0, 0.1) is 35.5 Å². The van der Waals surface area contributed by atoms with E-state index in [1.54, 1.807) is 41.9 Å². The summed E-state index contributed by atoms with van der Waals surface area (Å²) in [6, 6.07) is -1.18. The molecule has 1 N–H and O–H groups in total. The van der Waals surface area contributed by atoms with Crippen LogP contribution in [0.25, 0.3) is 0 Å². The molecular formula is C61H97NO17Si. The summed E-state index contributed by atoms with van der Waals surface area (Å²) in [5.74, 6) is -8.51. The van der Waals surface area contributed by atoms with Gasteiger partial charge in [0, 0.05) is 58.5 Å². The first kappa shape index (κ1) is 66.9. The second-order valence-corrected chi connectivity index (χ2v) is 29.4. The van der Waals surface area contributed by atoms with Gasteiger partial charge in [0.15, 0.2) is 25.7 Å². The Morgan fingerprint density at radius 1 is 0.863 bits per heavy atom. The molecule has 5 aliphatic rings. The number of allylic oxidation sites excluding steroid dienone is 6. The van der Waals surface area contributed by atoms with E-state index in [-0.39, 0.29) is 61.9 Å². The summed E-state index contributed by atoms with van der Waals surface area (Å²) in [7, 11) is 2.34. The number of hydrogen-bond acceptors (Lipinski definition) is 17. The summed E-state index contributed by atoms with van der Waals surface area (Å²) < 4.78 is 59.7. The molecule has 4 unspecified atom stereocenters. The van der Waals surface area contributed by atoms with Gasteiger partial charge in [-0.3, -0.25) is 19.2 Å². The lowest BCUT2D eigenvalue weighted by Gasteiger charge is -2.42. The van der Waals surface area contributed by atoms with Crippen molar-refractivity contribution in [3.8, 4) is 0 Å². The van der Waals surface area contributed by atoms with Gasteiger partial charge in [-0.15, -0.1) is 0 Å². The predicted molar refractivity (Wildman–Crippen MR) is 302 cm³/mol. The van der Waals surface area contributed by atoms with Gasteiger partial charge in [-0.1, -0.05) is 71.1 Å². The van der Waals surface area contributed by atoms with Crippen molar-refractivity contribution in [2.45, 2.75) is 225 Å². The van der Waals surface area contributed by atoms with Crippen LogP contribution in [-0.4, -0.2) is 161 Å². The summed E-state index contributed by atoms with van der Waals surface area (Å²) in [6.45, 7) is 23.1. The quantitative estimate of drug-likeness (QED) is 0.116. The minimum absolute atomic E-state index is 0.00456. The largest absolute Gasteiger partial charge is 0.508 e. The number of ketones is 3. The first-order valence-corrected chi connectivity index (χ1v) is 32.6. The van der Waals surface area contributed by atoms with Gasteiger partial charge in [-0.2, -0.15) is 0 Å². The number of esters is 1.